The van der Waals surface area contributed by atoms with E-state index in [2.05, 4.69) is 37.4 Å². The number of amides is 3. The van der Waals surface area contributed by atoms with E-state index < -0.39 is 29.3 Å². The second kappa shape index (κ2) is 13.1. The van der Waals surface area contributed by atoms with Crippen molar-refractivity contribution in [3.63, 3.8) is 0 Å². The number of hydrogen-bond donors (Lipinski definition) is 5. The quantitative estimate of drug-likeness (QED) is 0.103. The fourth-order valence-electron chi connectivity index (χ4n) is 7.05. The summed E-state index contributed by atoms with van der Waals surface area (Å²) in [5.74, 6) is 4.75. The minimum Gasteiger partial charge on any atom is -0.366 e. The highest BCUT2D eigenvalue weighted by atomic mass is 16.2. The molecule has 1 fully saturated rings. The van der Waals surface area contributed by atoms with Crippen molar-refractivity contribution in [2.24, 2.45) is 11.6 Å². The normalized spacial score (nSPS) is 19.2. The van der Waals surface area contributed by atoms with Gasteiger partial charge in [-0.3, -0.25) is 19.8 Å². The van der Waals surface area contributed by atoms with Gasteiger partial charge in [0, 0.05) is 23.7 Å². The van der Waals surface area contributed by atoms with Crippen LogP contribution in [0.2, 0.25) is 0 Å². The Morgan fingerprint density at radius 1 is 1.06 bits per heavy atom. The van der Waals surface area contributed by atoms with E-state index in [9.17, 15) is 19.6 Å². The van der Waals surface area contributed by atoms with E-state index in [1.165, 1.54) is 0 Å². The molecule has 240 valence electrons. The molecule has 0 radical (unpaired) electrons. The van der Waals surface area contributed by atoms with Crippen LogP contribution >= 0.6 is 0 Å². The van der Waals surface area contributed by atoms with Crippen molar-refractivity contribution in [2.75, 3.05) is 13.1 Å². The second-order valence-corrected chi connectivity index (χ2v) is 12.1. The first kappa shape index (κ1) is 31.5. The molecule has 1 saturated heterocycles. The van der Waals surface area contributed by atoms with Crippen molar-refractivity contribution in [2.45, 2.75) is 56.5 Å². The number of H-pyrrole nitrogens is 1. The molecule has 3 amide bonds. The van der Waals surface area contributed by atoms with Crippen LogP contribution in [0.5, 0.6) is 0 Å². The second-order valence-electron chi connectivity index (χ2n) is 12.1. The summed E-state index contributed by atoms with van der Waals surface area (Å²) in [4.78, 5) is 40.0. The Balaban J connectivity index is 1.53. The minimum atomic E-state index is -1.06. The number of carbonyl (C=O) groups excluding carboxylic acids is 3. The molecule has 3 atom stereocenters. The van der Waals surface area contributed by atoms with E-state index in [0.717, 1.165) is 39.8 Å². The molecule has 47 heavy (non-hydrogen) atoms. The summed E-state index contributed by atoms with van der Waals surface area (Å²) in [5.41, 5.74) is 13.1. The molecular formula is C34H36N10O3. The highest BCUT2D eigenvalue weighted by Crippen LogP contribution is 2.49. The van der Waals surface area contributed by atoms with Gasteiger partial charge in [-0.05, 0) is 91.1 Å². The maximum Gasteiger partial charge on any atom is 0.265 e. The Bertz CT molecular complexity index is 1850. The van der Waals surface area contributed by atoms with Crippen LogP contribution in [0.4, 0.5) is 0 Å². The first-order chi connectivity index (χ1) is 22.7. The van der Waals surface area contributed by atoms with Gasteiger partial charge in [0.1, 0.15) is 6.04 Å². The molecular weight excluding hydrogens is 596 g/mol. The van der Waals surface area contributed by atoms with Crippen LogP contribution in [-0.2, 0) is 23.1 Å². The van der Waals surface area contributed by atoms with Gasteiger partial charge in [-0.1, -0.05) is 47.2 Å². The first-order valence-electron chi connectivity index (χ1n) is 15.6. The lowest BCUT2D eigenvalue weighted by molar-refractivity contribution is -0.130. The summed E-state index contributed by atoms with van der Waals surface area (Å²) < 4.78 is 0. The molecule has 3 aromatic carbocycles. The van der Waals surface area contributed by atoms with Crippen LogP contribution in [0, 0.1) is 18.3 Å². The Kier molecular flexibility index (Phi) is 8.80. The van der Waals surface area contributed by atoms with Gasteiger partial charge < -0.3 is 16.0 Å². The predicted molar refractivity (Wildman–Crippen MR) is 171 cm³/mol. The van der Waals surface area contributed by atoms with Crippen LogP contribution in [0.25, 0.3) is 0 Å². The molecule has 1 aromatic heterocycles. The number of hydrazine groups is 1. The molecule has 0 saturated carbocycles. The zero-order valence-electron chi connectivity index (χ0n) is 26.0. The average molecular weight is 633 g/mol. The number of aromatic amines is 1. The van der Waals surface area contributed by atoms with Crippen molar-refractivity contribution in [1.29, 1.82) is 5.26 Å². The van der Waals surface area contributed by atoms with Crippen LogP contribution in [0.15, 0.2) is 60.7 Å². The molecule has 7 N–H and O–H groups in total. The highest BCUT2D eigenvalue weighted by molar-refractivity contribution is 5.94. The minimum absolute atomic E-state index is 0.00891. The van der Waals surface area contributed by atoms with Gasteiger partial charge in [-0.15, -0.1) is 10.2 Å². The molecule has 2 unspecified atom stereocenters. The molecule has 2 heterocycles. The number of nitrogens with two attached hydrogens (primary N) is 2. The Morgan fingerprint density at radius 2 is 1.74 bits per heavy atom. The Labute approximate surface area is 271 Å². The van der Waals surface area contributed by atoms with Crippen molar-refractivity contribution in [3.8, 4) is 6.07 Å². The predicted octanol–water partition coefficient (Wildman–Crippen LogP) is 1.88. The van der Waals surface area contributed by atoms with Gasteiger partial charge in [0.2, 0.25) is 11.8 Å². The molecule has 6 rings (SSSR count). The lowest BCUT2D eigenvalue weighted by Crippen LogP contribution is -2.43. The average Bonchev–Trinajstić information content (AvgIpc) is 3.79. The van der Waals surface area contributed by atoms with Crippen LogP contribution in [0.1, 0.15) is 85.2 Å². The third-order valence-electron chi connectivity index (χ3n) is 9.41. The number of tetrazole rings is 1. The number of nitrogens with zero attached hydrogens (tertiary/aromatic N) is 5. The van der Waals surface area contributed by atoms with E-state index in [1.54, 1.807) is 23.1 Å². The summed E-state index contributed by atoms with van der Waals surface area (Å²) in [6.07, 6.45) is 2.87. The van der Waals surface area contributed by atoms with Crippen molar-refractivity contribution >= 4 is 17.7 Å². The molecule has 0 bridgehead atoms. The molecule has 1 aliphatic carbocycles. The third kappa shape index (κ3) is 5.96. The van der Waals surface area contributed by atoms with E-state index in [1.807, 2.05) is 49.4 Å². The number of aromatic nitrogens is 4. The summed E-state index contributed by atoms with van der Waals surface area (Å²) in [5, 5.41) is 28.8. The summed E-state index contributed by atoms with van der Waals surface area (Å²) in [7, 11) is 0. The molecule has 0 spiro atoms. The van der Waals surface area contributed by atoms with Gasteiger partial charge in [0.25, 0.3) is 5.91 Å². The highest BCUT2D eigenvalue weighted by Gasteiger charge is 2.46. The number of nitriles is 1. The number of nitrogens with one attached hydrogen (secondary N) is 3. The number of nitrogen functional groups attached to an aromatic ring is 1. The fraction of sp³-hybridized carbons (Fsp3) is 0.324. The van der Waals surface area contributed by atoms with E-state index in [4.69, 9.17) is 11.6 Å². The van der Waals surface area contributed by atoms with Gasteiger partial charge >= 0.3 is 0 Å². The van der Waals surface area contributed by atoms with Gasteiger partial charge in [0.15, 0.2) is 5.82 Å². The maximum atomic E-state index is 13.5. The number of fused-ring (bicyclic) bond motifs is 2. The Hall–Kier alpha value is -5.45. The number of likely N-dealkylation sites (tertiary alicyclic amines) is 1. The Morgan fingerprint density at radius 3 is 2.36 bits per heavy atom. The standard InChI is InChI=1S/C34H36N10O3/c1-20-4-6-21(7-5-20)29(38-19-30(45)44-14-2-3-26(44)18-35)17-34(33-40-42-43-41-33)27-12-10-24(31(36)46)15-22(27)8-9-23-16-25(32(47)39-37)11-13-28(23)34/h4-7,10-13,15-16,26,29,38H,2-3,8-9,14,17,19,37H2,1H3,(H2,36,46)(H,39,47)(H,40,41,42,43)/t26?,29-,34?/m0/s1. The molecule has 2 aliphatic rings. The van der Waals surface area contributed by atoms with Crippen LogP contribution in [-0.4, -0.2) is 62.4 Å². The number of hydrogen-bond acceptors (Lipinski definition) is 9. The zero-order chi connectivity index (χ0) is 33.1. The van der Waals surface area contributed by atoms with Crippen LogP contribution < -0.4 is 22.3 Å². The molecule has 4 aromatic rings. The van der Waals surface area contributed by atoms with Gasteiger partial charge in [-0.25, -0.2) is 5.84 Å². The van der Waals surface area contributed by atoms with Gasteiger partial charge in [0.05, 0.1) is 18.0 Å². The number of primary amides is 1. The smallest absolute Gasteiger partial charge is 0.265 e. The number of carbonyl (C=O) groups is 3. The summed E-state index contributed by atoms with van der Waals surface area (Å²) in [6.45, 7) is 2.56. The third-order valence-corrected chi connectivity index (χ3v) is 9.41. The molecule has 13 heteroatoms. The molecule has 1 aliphatic heterocycles. The lowest BCUT2D eigenvalue weighted by Gasteiger charge is -2.37. The van der Waals surface area contributed by atoms with Crippen LogP contribution in [0.3, 0.4) is 0 Å². The number of aryl methyl sites for hydroxylation is 3. The molecule has 13 nitrogen and oxygen atoms in total. The largest absolute Gasteiger partial charge is 0.366 e. The summed E-state index contributed by atoms with van der Waals surface area (Å²) in [6, 6.07) is 20.3. The van der Waals surface area contributed by atoms with Gasteiger partial charge in [-0.2, -0.15) is 10.5 Å². The van der Waals surface area contributed by atoms with Crippen molar-refractivity contribution < 1.29 is 14.4 Å². The maximum absolute atomic E-state index is 13.5. The fourth-order valence-corrected chi connectivity index (χ4v) is 7.05. The monoisotopic (exact) mass is 632 g/mol. The lowest BCUT2D eigenvalue weighted by atomic mass is 9.67. The SMILES string of the molecule is Cc1ccc([C@H](CC2(c3nn[nH]n3)c3ccc(C(N)=O)cc3CCc3cc(C(=O)NN)ccc32)NCC(=O)N2CCCC2C#N)cc1. The van der Waals surface area contributed by atoms with E-state index in [-0.39, 0.29) is 12.5 Å². The number of benzene rings is 3. The van der Waals surface area contributed by atoms with E-state index >= 15 is 0 Å². The zero-order valence-corrected chi connectivity index (χ0v) is 26.0. The first-order valence-corrected chi connectivity index (χ1v) is 15.6. The van der Waals surface area contributed by atoms with E-state index in [0.29, 0.717) is 49.2 Å². The summed E-state index contributed by atoms with van der Waals surface area (Å²) >= 11 is 0. The van der Waals surface area contributed by atoms with Crippen molar-refractivity contribution in [3.05, 3.63) is 111 Å². The van der Waals surface area contributed by atoms with Crippen molar-refractivity contribution in [1.82, 2.24) is 36.3 Å². The topological polar surface area (TPSA) is 209 Å². The number of rotatable bonds is 9.